The van der Waals surface area contributed by atoms with Crippen LogP contribution in [0.15, 0.2) is 253 Å². The molecule has 0 saturated carbocycles. The molecule has 0 spiro atoms. The van der Waals surface area contributed by atoms with Gasteiger partial charge in [-0.15, -0.1) is 0 Å². The molecule has 302 valence electrons. The maximum Gasteiger partial charge on any atom is 0.186 e. The molecule has 3 aromatic heterocycles. The maximum absolute atomic E-state index is 7.10. The molecule has 0 unspecified atom stereocenters. The largest absolute Gasteiger partial charge is 0.454 e. The van der Waals surface area contributed by atoms with E-state index in [1.807, 2.05) is 18.5 Å². The lowest BCUT2D eigenvalue weighted by atomic mass is 10.1. The summed E-state index contributed by atoms with van der Waals surface area (Å²) in [5, 5.41) is 12.4. The van der Waals surface area contributed by atoms with Crippen LogP contribution in [-0.4, -0.2) is 26.1 Å². The molecule has 0 aliphatic carbocycles. The molecule has 0 bridgehead atoms. The Balaban J connectivity index is 1.19. The van der Waals surface area contributed by atoms with E-state index >= 15 is 0 Å². The Morgan fingerprint density at radius 1 is 0.422 bits per heavy atom. The summed E-state index contributed by atoms with van der Waals surface area (Å²) in [6.07, 6.45) is 3.82. The second-order valence-corrected chi connectivity index (χ2v) is 24.0. The molecule has 0 N–H and O–H groups in total. The highest BCUT2D eigenvalue weighted by Crippen LogP contribution is 2.43. The van der Waals surface area contributed by atoms with Gasteiger partial charge in [-0.1, -0.05) is 200 Å². The molecule has 0 amide bonds. The van der Waals surface area contributed by atoms with Crippen molar-refractivity contribution in [2.75, 3.05) is 4.90 Å². The molecule has 0 atom stereocenters. The molecule has 8 aromatic carbocycles. The van der Waals surface area contributed by atoms with Crippen molar-refractivity contribution >= 4 is 96.8 Å². The van der Waals surface area contributed by atoms with E-state index < -0.39 is 16.1 Å². The van der Waals surface area contributed by atoms with Gasteiger partial charge in [0.05, 0.1) is 11.4 Å². The molecule has 4 nitrogen and oxygen atoms in total. The smallest absolute Gasteiger partial charge is 0.186 e. The van der Waals surface area contributed by atoms with Gasteiger partial charge in [-0.3, -0.25) is 9.88 Å². The molecule has 1 aliphatic rings. The molecule has 12 rings (SSSR count). The van der Waals surface area contributed by atoms with E-state index in [2.05, 4.69) is 235 Å². The van der Waals surface area contributed by atoms with Gasteiger partial charge in [0, 0.05) is 34.4 Å². The molecule has 1 aliphatic heterocycles. The number of aromatic nitrogens is 2. The summed E-state index contributed by atoms with van der Waals surface area (Å²) >= 11 is 0. The lowest BCUT2D eigenvalue weighted by molar-refractivity contribution is 0.669. The van der Waals surface area contributed by atoms with E-state index in [0.717, 1.165) is 50.4 Å². The first-order valence-corrected chi connectivity index (χ1v) is 25.8. The van der Waals surface area contributed by atoms with Crippen LogP contribution in [0.25, 0.3) is 33.2 Å². The normalized spacial score (nSPS) is 13.1. The number of hydrogen-bond acceptors (Lipinski definition) is 4. The van der Waals surface area contributed by atoms with E-state index in [1.54, 1.807) is 0 Å². The van der Waals surface area contributed by atoms with Crippen molar-refractivity contribution in [2.24, 2.45) is 0 Å². The number of nitrogens with zero attached hydrogens (tertiary/aromatic N) is 3. The predicted molar refractivity (Wildman–Crippen MR) is 270 cm³/mol. The average Bonchev–Trinajstić information content (AvgIpc) is 3.77. The average molecular weight is 852 g/mol. The molecule has 11 aromatic rings. The molecule has 6 heteroatoms. The van der Waals surface area contributed by atoms with Gasteiger partial charge >= 0.3 is 0 Å². The summed E-state index contributed by atoms with van der Waals surface area (Å²) in [4.78, 5) is 12.6. The third-order valence-electron chi connectivity index (χ3n) is 13.2. The lowest BCUT2D eigenvalue weighted by Crippen LogP contribution is -2.77. The summed E-state index contributed by atoms with van der Waals surface area (Å²) < 4.78 is 7.10. The lowest BCUT2D eigenvalue weighted by Gasteiger charge is -2.44. The molecular formula is C58H41N3OSi2. The fourth-order valence-corrected chi connectivity index (χ4v) is 20.4. The zero-order valence-electron chi connectivity index (χ0n) is 34.9. The van der Waals surface area contributed by atoms with Crippen LogP contribution in [0, 0.1) is 0 Å². The zero-order valence-corrected chi connectivity index (χ0v) is 36.9. The Morgan fingerprint density at radius 3 is 1.70 bits per heavy atom. The van der Waals surface area contributed by atoms with Gasteiger partial charge in [0.2, 0.25) is 0 Å². The van der Waals surface area contributed by atoms with Gasteiger partial charge in [0.1, 0.15) is 11.4 Å². The Morgan fingerprint density at radius 2 is 1.02 bits per heavy atom. The number of hydrogen-bond donors (Lipinski definition) is 0. The first-order valence-electron chi connectivity index (χ1n) is 21.8. The number of fused-ring (bicyclic) bond motifs is 6. The van der Waals surface area contributed by atoms with E-state index in [0.29, 0.717) is 0 Å². The second kappa shape index (κ2) is 15.5. The number of rotatable bonds is 8. The van der Waals surface area contributed by atoms with Crippen LogP contribution in [-0.2, 0) is 0 Å². The quantitative estimate of drug-likeness (QED) is 0.114. The van der Waals surface area contributed by atoms with Crippen LogP contribution < -0.4 is 46.4 Å². The fourth-order valence-electron chi connectivity index (χ4n) is 10.5. The van der Waals surface area contributed by atoms with Crippen molar-refractivity contribution in [1.82, 2.24) is 9.97 Å². The van der Waals surface area contributed by atoms with Crippen LogP contribution in [0.5, 0.6) is 0 Å². The maximum atomic E-state index is 7.10. The summed E-state index contributed by atoms with van der Waals surface area (Å²) in [6, 6.07) is 86.6. The first-order chi connectivity index (χ1) is 31.8. The van der Waals surface area contributed by atoms with Crippen LogP contribution in [0.3, 0.4) is 0 Å². The Kier molecular flexibility index (Phi) is 9.14. The van der Waals surface area contributed by atoms with Crippen LogP contribution in [0.2, 0.25) is 0 Å². The van der Waals surface area contributed by atoms with E-state index in [9.17, 15) is 0 Å². The summed E-state index contributed by atoms with van der Waals surface area (Å²) in [7, 11) is -6.07. The zero-order chi connectivity index (χ0) is 42.5. The molecule has 64 heavy (non-hydrogen) atoms. The predicted octanol–water partition coefficient (Wildman–Crippen LogP) is 8.58. The number of furan rings is 1. The Bertz CT molecular complexity index is 3370. The highest BCUT2D eigenvalue weighted by atomic mass is 28.3. The van der Waals surface area contributed by atoms with Gasteiger partial charge in [0.15, 0.2) is 21.7 Å². The van der Waals surface area contributed by atoms with Crippen molar-refractivity contribution in [3.8, 4) is 11.3 Å². The topological polar surface area (TPSA) is 42.2 Å². The van der Waals surface area contributed by atoms with Gasteiger partial charge in [-0.05, 0) is 77.9 Å². The SMILES string of the molecule is c1ccc([Si](c2ccccc2)(c2cccc(-c3ccccn3)c2)c2cccc(N3c4ncccc4[Si](c4ccccc4)(c4ccccc4)c4ccc5c(oc6ccccc65)c43)c2)cc1. The molecule has 4 heterocycles. The summed E-state index contributed by atoms with van der Waals surface area (Å²) in [5.74, 6) is 0.920. The van der Waals surface area contributed by atoms with Crippen molar-refractivity contribution in [3.63, 3.8) is 0 Å². The number of pyridine rings is 2. The van der Waals surface area contributed by atoms with Crippen LogP contribution >= 0.6 is 0 Å². The summed E-state index contributed by atoms with van der Waals surface area (Å²) in [6.45, 7) is 0. The third-order valence-corrected chi connectivity index (χ3v) is 22.7. The number of anilines is 3. The molecule has 0 radical (unpaired) electrons. The van der Waals surface area contributed by atoms with Gasteiger partial charge in [0.25, 0.3) is 0 Å². The van der Waals surface area contributed by atoms with Crippen molar-refractivity contribution in [3.05, 3.63) is 249 Å². The van der Waals surface area contributed by atoms with Gasteiger partial charge in [-0.25, -0.2) is 4.98 Å². The van der Waals surface area contributed by atoms with Gasteiger partial charge < -0.3 is 4.42 Å². The molecular weight excluding hydrogens is 811 g/mol. The number of benzene rings is 8. The molecule has 0 saturated heterocycles. The van der Waals surface area contributed by atoms with Crippen molar-refractivity contribution in [2.45, 2.75) is 0 Å². The first kappa shape index (κ1) is 37.8. The summed E-state index contributed by atoms with van der Waals surface area (Å²) in [5.41, 5.74) is 5.85. The number of para-hydroxylation sites is 1. The Hall–Kier alpha value is -7.91. The van der Waals surface area contributed by atoms with E-state index in [1.165, 1.54) is 41.5 Å². The minimum absolute atomic E-state index is 0.863. The molecule has 0 fully saturated rings. The highest BCUT2D eigenvalue weighted by molar-refractivity contribution is 7.21. The minimum Gasteiger partial charge on any atom is -0.454 e. The fraction of sp³-hybridized carbons (Fsp3) is 0. The van der Waals surface area contributed by atoms with Gasteiger partial charge in [-0.2, -0.15) is 0 Å². The standard InChI is InChI=1S/C58H41N3OSi2/c1-5-22-44(23-6-1)63(45-24-7-2-8-25-45,48-30-17-20-42(40-48)52-33-15-16-38-59-52)49-31-18-21-43(41-49)61-56-54(37-36-51-50-32-13-14-34-53(50)62-57(51)56)64(46-26-9-3-10-27-46,47-28-11-4-12-29-47)55-35-19-39-60-58(55)61/h1-41H. The van der Waals surface area contributed by atoms with Crippen LogP contribution in [0.4, 0.5) is 17.2 Å². The highest BCUT2D eigenvalue weighted by Gasteiger charge is 2.51. The third kappa shape index (κ3) is 5.73. The second-order valence-electron chi connectivity index (χ2n) is 16.5. The van der Waals surface area contributed by atoms with E-state index in [4.69, 9.17) is 14.4 Å². The van der Waals surface area contributed by atoms with Crippen molar-refractivity contribution < 1.29 is 4.42 Å². The van der Waals surface area contributed by atoms with Crippen molar-refractivity contribution in [1.29, 1.82) is 0 Å². The monoisotopic (exact) mass is 851 g/mol. The van der Waals surface area contributed by atoms with Crippen LogP contribution in [0.1, 0.15) is 0 Å². The van der Waals surface area contributed by atoms with E-state index in [-0.39, 0.29) is 0 Å². The Labute approximate surface area is 374 Å². The minimum atomic E-state index is -3.05.